The summed E-state index contributed by atoms with van der Waals surface area (Å²) in [6, 6.07) is 10.8. The zero-order valence-corrected chi connectivity index (χ0v) is 18.3. The van der Waals surface area contributed by atoms with Gasteiger partial charge >= 0.3 is 0 Å². The number of amides is 1. The Kier molecular flexibility index (Phi) is 5.94. The van der Waals surface area contributed by atoms with Crippen molar-refractivity contribution in [3.8, 4) is 0 Å². The van der Waals surface area contributed by atoms with Crippen LogP contribution in [0.5, 0.6) is 0 Å². The molecule has 0 unspecified atom stereocenters. The van der Waals surface area contributed by atoms with Crippen LogP contribution in [-0.4, -0.2) is 47.9 Å². The van der Waals surface area contributed by atoms with Crippen LogP contribution in [0, 0.1) is 0 Å². The number of anilines is 2. The normalized spacial score (nSPS) is 18.6. The quantitative estimate of drug-likeness (QED) is 0.647. The third-order valence-electron chi connectivity index (χ3n) is 4.51. The summed E-state index contributed by atoms with van der Waals surface area (Å²) in [5.74, 6) is -0.997. The third kappa shape index (κ3) is 4.99. The lowest BCUT2D eigenvalue weighted by atomic mass is 10.3. The largest absolute Gasteiger partial charge is 0.326 e. The van der Waals surface area contributed by atoms with Gasteiger partial charge in [0, 0.05) is 12.6 Å². The number of sulfone groups is 2. The van der Waals surface area contributed by atoms with Crippen LogP contribution in [0.3, 0.4) is 0 Å². The van der Waals surface area contributed by atoms with Crippen LogP contribution < -0.4 is 10.0 Å². The van der Waals surface area contributed by atoms with E-state index in [0.717, 1.165) is 6.07 Å². The molecule has 30 heavy (non-hydrogen) atoms. The van der Waals surface area contributed by atoms with E-state index in [1.54, 1.807) is 12.1 Å². The molecule has 1 aliphatic heterocycles. The van der Waals surface area contributed by atoms with E-state index in [-0.39, 0.29) is 33.6 Å². The first-order chi connectivity index (χ1) is 13.9. The Balaban J connectivity index is 1.89. The zero-order chi connectivity index (χ0) is 22.2. The molecule has 1 aliphatic rings. The van der Waals surface area contributed by atoms with Crippen molar-refractivity contribution in [2.45, 2.75) is 28.4 Å². The molecular weight excluding hydrogens is 452 g/mol. The lowest BCUT2D eigenvalue weighted by molar-refractivity contribution is -0.114. The van der Waals surface area contributed by atoms with Gasteiger partial charge in [0.2, 0.25) is 5.91 Å². The highest BCUT2D eigenvalue weighted by Crippen LogP contribution is 2.27. The maximum absolute atomic E-state index is 12.8. The third-order valence-corrected chi connectivity index (χ3v) is 10.1. The molecule has 0 aliphatic carbocycles. The molecule has 0 spiro atoms. The second-order valence-electron chi connectivity index (χ2n) is 6.91. The number of benzene rings is 2. The number of carbonyl (C=O) groups excluding carboxylic acids is 1. The molecule has 1 fully saturated rings. The van der Waals surface area contributed by atoms with Gasteiger partial charge in [0.1, 0.15) is 0 Å². The van der Waals surface area contributed by atoms with Crippen LogP contribution in [-0.2, 0) is 34.5 Å². The molecule has 3 rings (SSSR count). The molecule has 162 valence electrons. The molecule has 1 saturated heterocycles. The molecule has 9 nitrogen and oxygen atoms in total. The monoisotopic (exact) mass is 472 g/mol. The fourth-order valence-electron chi connectivity index (χ4n) is 3.09. The maximum atomic E-state index is 12.8. The van der Waals surface area contributed by atoms with Crippen molar-refractivity contribution in [2.75, 3.05) is 21.5 Å². The molecule has 1 amide bonds. The smallest absolute Gasteiger partial charge is 0.261 e. The van der Waals surface area contributed by atoms with Gasteiger partial charge in [0.25, 0.3) is 10.0 Å². The number of rotatable bonds is 6. The van der Waals surface area contributed by atoms with Crippen LogP contribution in [0.1, 0.15) is 13.3 Å². The Bertz CT molecular complexity index is 1300. The van der Waals surface area contributed by atoms with E-state index in [9.17, 15) is 30.0 Å². The van der Waals surface area contributed by atoms with Crippen molar-refractivity contribution in [1.29, 1.82) is 0 Å². The number of hydrogen-bond acceptors (Lipinski definition) is 7. The standard InChI is InChI=1S/C18H20N2O7S3/c1-13(21)19-14-4-2-5-15(10-14)20-30(26,27)17-7-3-6-16(11-17)29(24,25)18-8-9-28(22,23)12-18/h2-7,10-11,18,20H,8-9,12H2,1H3,(H,19,21)/t18-/m1/s1. The van der Waals surface area contributed by atoms with Gasteiger partial charge in [0.05, 0.1) is 32.2 Å². The lowest BCUT2D eigenvalue weighted by Gasteiger charge is -2.13. The average Bonchev–Trinajstić information content (AvgIpc) is 3.02. The van der Waals surface area contributed by atoms with E-state index in [4.69, 9.17) is 0 Å². The molecule has 1 atom stereocenters. The summed E-state index contributed by atoms with van der Waals surface area (Å²) in [4.78, 5) is 10.6. The molecule has 0 bridgehead atoms. The topological polar surface area (TPSA) is 144 Å². The number of nitrogens with one attached hydrogen (secondary N) is 2. The fraction of sp³-hybridized carbons (Fsp3) is 0.278. The number of hydrogen-bond donors (Lipinski definition) is 2. The molecule has 0 radical (unpaired) electrons. The van der Waals surface area contributed by atoms with Crippen molar-refractivity contribution < 1.29 is 30.0 Å². The molecular formula is C18H20N2O7S3. The van der Waals surface area contributed by atoms with Gasteiger partial charge in [-0.2, -0.15) is 0 Å². The van der Waals surface area contributed by atoms with E-state index in [2.05, 4.69) is 10.0 Å². The second-order valence-corrected chi connectivity index (χ2v) is 13.1. The lowest BCUT2D eigenvalue weighted by Crippen LogP contribution is -2.23. The molecule has 1 heterocycles. The maximum Gasteiger partial charge on any atom is 0.261 e. The molecule has 0 saturated carbocycles. The predicted octanol–water partition coefficient (Wildman–Crippen LogP) is 1.41. The van der Waals surface area contributed by atoms with Crippen molar-refractivity contribution in [3.63, 3.8) is 0 Å². The van der Waals surface area contributed by atoms with E-state index < -0.39 is 40.7 Å². The van der Waals surface area contributed by atoms with Gasteiger partial charge in [-0.25, -0.2) is 25.3 Å². The van der Waals surface area contributed by atoms with Crippen LogP contribution in [0.2, 0.25) is 0 Å². The molecule has 0 aromatic heterocycles. The van der Waals surface area contributed by atoms with Crippen LogP contribution in [0.25, 0.3) is 0 Å². The SMILES string of the molecule is CC(=O)Nc1cccc(NS(=O)(=O)c2cccc(S(=O)(=O)[C@@H]3CCS(=O)(=O)C3)c2)c1. The Morgan fingerprint density at radius 3 is 2.23 bits per heavy atom. The average molecular weight is 473 g/mol. The molecule has 2 aromatic carbocycles. The summed E-state index contributed by atoms with van der Waals surface area (Å²) in [5.41, 5.74) is 0.567. The molecule has 12 heteroatoms. The number of sulfonamides is 1. The Morgan fingerprint density at radius 1 is 0.967 bits per heavy atom. The Morgan fingerprint density at radius 2 is 1.60 bits per heavy atom. The zero-order valence-electron chi connectivity index (χ0n) is 15.9. The van der Waals surface area contributed by atoms with Gasteiger partial charge in [-0.3, -0.25) is 9.52 Å². The minimum atomic E-state index is -4.13. The highest BCUT2D eigenvalue weighted by Gasteiger charge is 2.38. The minimum Gasteiger partial charge on any atom is -0.326 e. The Labute approximate surface area is 175 Å². The number of carbonyl (C=O) groups is 1. The summed E-state index contributed by atoms with van der Waals surface area (Å²) in [6.07, 6.45) is -0.0180. The second kappa shape index (κ2) is 8.00. The van der Waals surface area contributed by atoms with Crippen molar-refractivity contribution in [1.82, 2.24) is 0 Å². The van der Waals surface area contributed by atoms with E-state index in [0.29, 0.717) is 5.69 Å². The van der Waals surface area contributed by atoms with Gasteiger partial charge in [-0.15, -0.1) is 0 Å². The first-order valence-electron chi connectivity index (χ1n) is 8.84. The van der Waals surface area contributed by atoms with Crippen molar-refractivity contribution in [3.05, 3.63) is 48.5 Å². The summed E-state index contributed by atoms with van der Waals surface area (Å²) < 4.78 is 76.7. The summed E-state index contributed by atoms with van der Waals surface area (Å²) in [5, 5.41) is 1.44. The van der Waals surface area contributed by atoms with Crippen LogP contribution in [0.15, 0.2) is 58.3 Å². The highest BCUT2D eigenvalue weighted by atomic mass is 32.2. The van der Waals surface area contributed by atoms with Gasteiger partial charge < -0.3 is 5.32 Å². The first kappa shape index (κ1) is 22.2. The van der Waals surface area contributed by atoms with Crippen LogP contribution >= 0.6 is 0 Å². The fourth-order valence-corrected chi connectivity index (χ4v) is 8.67. The van der Waals surface area contributed by atoms with Crippen molar-refractivity contribution >= 4 is 47.0 Å². The van der Waals surface area contributed by atoms with E-state index in [1.165, 1.54) is 37.3 Å². The van der Waals surface area contributed by atoms with Gasteiger partial charge in [-0.1, -0.05) is 12.1 Å². The summed E-state index contributed by atoms with van der Waals surface area (Å²) in [6.45, 7) is 1.32. The van der Waals surface area contributed by atoms with Crippen LogP contribution in [0.4, 0.5) is 11.4 Å². The minimum absolute atomic E-state index is 0.0180. The van der Waals surface area contributed by atoms with Crippen molar-refractivity contribution in [2.24, 2.45) is 0 Å². The Hall–Kier alpha value is -2.44. The van der Waals surface area contributed by atoms with E-state index in [1.807, 2.05) is 0 Å². The molecule has 2 aromatic rings. The van der Waals surface area contributed by atoms with Gasteiger partial charge in [0.15, 0.2) is 19.7 Å². The van der Waals surface area contributed by atoms with E-state index >= 15 is 0 Å². The highest BCUT2D eigenvalue weighted by molar-refractivity contribution is 7.96. The predicted molar refractivity (Wildman–Crippen MR) is 112 cm³/mol. The van der Waals surface area contributed by atoms with Gasteiger partial charge in [-0.05, 0) is 42.8 Å². The summed E-state index contributed by atoms with van der Waals surface area (Å²) >= 11 is 0. The summed E-state index contributed by atoms with van der Waals surface area (Å²) in [7, 11) is -11.6. The molecule has 2 N–H and O–H groups in total. The first-order valence-corrected chi connectivity index (χ1v) is 13.7.